The molecule has 2 saturated heterocycles. The van der Waals surface area contributed by atoms with E-state index in [4.69, 9.17) is 10.6 Å². The van der Waals surface area contributed by atoms with Gasteiger partial charge >= 0.3 is 0 Å². The molecule has 2 aliphatic heterocycles. The van der Waals surface area contributed by atoms with Crippen molar-refractivity contribution >= 4 is 5.91 Å². The minimum atomic E-state index is -0.429. The molecular formula is C9H17N3O2. The SMILES string of the molecule is NC(=O)CONC1CCN2CCC1C2. The molecule has 5 heteroatoms. The highest BCUT2D eigenvalue weighted by atomic mass is 16.6. The van der Waals surface area contributed by atoms with Gasteiger partial charge in [0.25, 0.3) is 0 Å². The first-order chi connectivity index (χ1) is 6.75. The summed E-state index contributed by atoms with van der Waals surface area (Å²) in [6.07, 6.45) is 2.33. The molecule has 0 saturated carbocycles. The number of hydrogen-bond acceptors (Lipinski definition) is 4. The van der Waals surface area contributed by atoms with Gasteiger partial charge in [0.15, 0.2) is 0 Å². The van der Waals surface area contributed by atoms with Gasteiger partial charge in [0.2, 0.25) is 5.91 Å². The highest BCUT2D eigenvalue weighted by Crippen LogP contribution is 2.26. The summed E-state index contributed by atoms with van der Waals surface area (Å²) >= 11 is 0. The van der Waals surface area contributed by atoms with Gasteiger partial charge < -0.3 is 10.6 Å². The molecule has 3 unspecified atom stereocenters. The van der Waals surface area contributed by atoms with Crippen LogP contribution < -0.4 is 11.2 Å². The predicted octanol–water partition coefficient (Wildman–Crippen LogP) is -0.913. The molecule has 0 aromatic carbocycles. The minimum absolute atomic E-state index is 0.0348. The Morgan fingerprint density at radius 1 is 1.50 bits per heavy atom. The Bertz CT molecular complexity index is 222. The second-order valence-corrected chi connectivity index (χ2v) is 4.12. The van der Waals surface area contributed by atoms with Gasteiger partial charge in [-0.1, -0.05) is 0 Å². The van der Waals surface area contributed by atoms with Crippen molar-refractivity contribution in [1.29, 1.82) is 0 Å². The Labute approximate surface area is 83.5 Å². The molecule has 0 aromatic heterocycles. The number of hydrogen-bond donors (Lipinski definition) is 2. The first kappa shape index (κ1) is 9.89. The maximum atomic E-state index is 10.4. The normalized spacial score (nSPS) is 35.9. The lowest BCUT2D eigenvalue weighted by Crippen LogP contribution is -2.44. The van der Waals surface area contributed by atoms with E-state index in [1.807, 2.05) is 0 Å². The molecule has 2 fully saturated rings. The summed E-state index contributed by atoms with van der Waals surface area (Å²) in [6.45, 7) is 3.47. The Kier molecular flexibility index (Phi) is 3.00. The smallest absolute Gasteiger partial charge is 0.245 e. The van der Waals surface area contributed by atoms with Crippen LogP contribution in [0.1, 0.15) is 12.8 Å². The molecule has 3 atom stereocenters. The summed E-state index contributed by atoms with van der Waals surface area (Å²) in [5.74, 6) is 0.248. The molecule has 3 N–H and O–H groups in total. The minimum Gasteiger partial charge on any atom is -0.368 e. The zero-order valence-electron chi connectivity index (χ0n) is 8.24. The van der Waals surface area contributed by atoms with Crippen molar-refractivity contribution in [2.45, 2.75) is 18.9 Å². The molecule has 2 aliphatic rings. The van der Waals surface area contributed by atoms with E-state index < -0.39 is 5.91 Å². The zero-order valence-corrected chi connectivity index (χ0v) is 8.24. The fourth-order valence-electron chi connectivity index (χ4n) is 2.33. The molecule has 2 rings (SSSR count). The molecular weight excluding hydrogens is 182 g/mol. The lowest BCUT2D eigenvalue weighted by molar-refractivity contribution is -0.126. The van der Waals surface area contributed by atoms with Gasteiger partial charge in [0, 0.05) is 12.6 Å². The average molecular weight is 199 g/mol. The van der Waals surface area contributed by atoms with Gasteiger partial charge in [0.1, 0.15) is 6.61 Å². The van der Waals surface area contributed by atoms with Gasteiger partial charge in [-0.25, -0.2) is 0 Å². The molecule has 2 heterocycles. The molecule has 0 radical (unpaired) electrons. The lowest BCUT2D eigenvalue weighted by Gasteiger charge is -2.30. The number of piperidine rings is 1. The maximum Gasteiger partial charge on any atom is 0.245 e. The van der Waals surface area contributed by atoms with E-state index in [0.717, 1.165) is 19.5 Å². The van der Waals surface area contributed by atoms with Gasteiger partial charge in [-0.3, -0.25) is 9.63 Å². The summed E-state index contributed by atoms with van der Waals surface area (Å²) < 4.78 is 0. The van der Waals surface area contributed by atoms with Crippen molar-refractivity contribution in [3.05, 3.63) is 0 Å². The molecule has 80 valence electrons. The second kappa shape index (κ2) is 4.25. The number of hydroxylamine groups is 1. The third-order valence-electron chi connectivity index (χ3n) is 3.08. The van der Waals surface area contributed by atoms with Crippen LogP contribution in [-0.2, 0) is 9.63 Å². The van der Waals surface area contributed by atoms with Crippen LogP contribution in [0.15, 0.2) is 0 Å². The van der Waals surface area contributed by atoms with Crippen LogP contribution >= 0.6 is 0 Å². The van der Waals surface area contributed by atoms with Crippen LogP contribution in [-0.4, -0.2) is 43.1 Å². The predicted molar refractivity (Wildman–Crippen MR) is 51.2 cm³/mol. The van der Waals surface area contributed by atoms with Gasteiger partial charge in [-0.15, -0.1) is 0 Å². The maximum absolute atomic E-state index is 10.4. The lowest BCUT2D eigenvalue weighted by atomic mass is 9.95. The van der Waals surface area contributed by atoms with Crippen LogP contribution in [0.4, 0.5) is 0 Å². The first-order valence-electron chi connectivity index (χ1n) is 5.13. The van der Waals surface area contributed by atoms with Crippen LogP contribution in [0.5, 0.6) is 0 Å². The van der Waals surface area contributed by atoms with E-state index in [2.05, 4.69) is 10.4 Å². The number of amides is 1. The molecule has 1 amide bonds. The number of nitrogens with one attached hydrogen (secondary N) is 1. The van der Waals surface area contributed by atoms with Crippen molar-refractivity contribution in [3.8, 4) is 0 Å². The summed E-state index contributed by atoms with van der Waals surface area (Å²) in [7, 11) is 0. The third-order valence-corrected chi connectivity index (χ3v) is 3.08. The fraction of sp³-hybridized carbons (Fsp3) is 0.889. The number of rotatable bonds is 4. The van der Waals surface area contributed by atoms with Gasteiger partial charge in [-0.2, -0.15) is 5.48 Å². The molecule has 0 spiro atoms. The largest absolute Gasteiger partial charge is 0.368 e. The topological polar surface area (TPSA) is 67.6 Å². The highest BCUT2D eigenvalue weighted by Gasteiger charge is 2.34. The van der Waals surface area contributed by atoms with E-state index in [-0.39, 0.29) is 6.61 Å². The van der Waals surface area contributed by atoms with E-state index in [1.165, 1.54) is 13.0 Å². The molecule has 2 bridgehead atoms. The van der Waals surface area contributed by atoms with Crippen molar-refractivity contribution in [1.82, 2.24) is 10.4 Å². The van der Waals surface area contributed by atoms with Crippen molar-refractivity contribution in [2.75, 3.05) is 26.2 Å². The second-order valence-electron chi connectivity index (χ2n) is 4.12. The van der Waals surface area contributed by atoms with E-state index in [0.29, 0.717) is 12.0 Å². The van der Waals surface area contributed by atoms with Crippen LogP contribution in [0.2, 0.25) is 0 Å². The van der Waals surface area contributed by atoms with Crippen LogP contribution in [0.25, 0.3) is 0 Å². The van der Waals surface area contributed by atoms with Crippen molar-refractivity contribution < 1.29 is 9.63 Å². The van der Waals surface area contributed by atoms with Gasteiger partial charge in [0.05, 0.1) is 0 Å². The Morgan fingerprint density at radius 3 is 3.07 bits per heavy atom. The molecule has 0 aliphatic carbocycles. The zero-order chi connectivity index (χ0) is 9.97. The van der Waals surface area contributed by atoms with E-state index >= 15 is 0 Å². The Morgan fingerprint density at radius 2 is 2.29 bits per heavy atom. The van der Waals surface area contributed by atoms with Crippen molar-refractivity contribution in [2.24, 2.45) is 11.7 Å². The number of primary amides is 1. The number of carbonyl (C=O) groups excluding carboxylic acids is 1. The van der Waals surface area contributed by atoms with Crippen LogP contribution in [0, 0.1) is 5.92 Å². The summed E-state index contributed by atoms with van der Waals surface area (Å²) in [5.41, 5.74) is 7.92. The molecule has 0 aromatic rings. The average Bonchev–Trinajstić information content (AvgIpc) is 2.52. The third kappa shape index (κ3) is 2.23. The fourth-order valence-corrected chi connectivity index (χ4v) is 2.33. The number of carbonyl (C=O) groups is 1. The highest BCUT2D eigenvalue weighted by molar-refractivity contribution is 5.74. The summed E-state index contributed by atoms with van der Waals surface area (Å²) in [6, 6.07) is 0.396. The first-order valence-corrected chi connectivity index (χ1v) is 5.13. The van der Waals surface area contributed by atoms with Crippen LogP contribution in [0.3, 0.4) is 0 Å². The number of nitrogens with two attached hydrogens (primary N) is 1. The number of fused-ring (bicyclic) bond motifs is 2. The van der Waals surface area contributed by atoms with Crippen molar-refractivity contribution in [3.63, 3.8) is 0 Å². The van der Waals surface area contributed by atoms with E-state index in [9.17, 15) is 4.79 Å². The monoisotopic (exact) mass is 199 g/mol. The summed E-state index contributed by atoms with van der Waals surface area (Å²) in [4.78, 5) is 18.0. The standard InChI is InChI=1S/C9H17N3O2/c10-9(13)6-14-11-8-2-4-12-3-1-7(8)5-12/h7-8,11H,1-6H2,(H2,10,13). The Hall–Kier alpha value is -0.650. The van der Waals surface area contributed by atoms with Gasteiger partial charge in [-0.05, 0) is 31.8 Å². The quantitative estimate of drug-likeness (QED) is 0.575. The Balaban J connectivity index is 1.72. The molecule has 14 heavy (non-hydrogen) atoms. The number of nitrogens with zero attached hydrogens (tertiary/aromatic N) is 1. The summed E-state index contributed by atoms with van der Waals surface area (Å²) in [5, 5.41) is 0. The van der Waals surface area contributed by atoms with E-state index in [1.54, 1.807) is 0 Å². The molecule has 5 nitrogen and oxygen atoms in total.